The number of fused-ring (bicyclic) bond motifs is 1. The molecule has 0 aliphatic rings. The van der Waals surface area contributed by atoms with E-state index in [-0.39, 0.29) is 6.10 Å². The van der Waals surface area contributed by atoms with Crippen LogP contribution in [0.3, 0.4) is 0 Å². The normalized spacial score (nSPS) is 12.2. The maximum Gasteiger partial charge on any atom is 0.156 e. The average Bonchev–Trinajstić information content (AvgIpc) is 3.07. The highest BCUT2D eigenvalue weighted by Gasteiger charge is 2.20. The van der Waals surface area contributed by atoms with Gasteiger partial charge in [-0.1, -0.05) is 61.0 Å². The molecule has 4 heteroatoms. The molecule has 0 amide bonds. The van der Waals surface area contributed by atoms with E-state index >= 15 is 0 Å². The molecule has 1 atom stereocenters. The molecule has 1 unspecified atom stereocenters. The van der Waals surface area contributed by atoms with Crippen molar-refractivity contribution in [2.45, 2.75) is 26.0 Å². The molecule has 0 N–H and O–H groups in total. The summed E-state index contributed by atoms with van der Waals surface area (Å²) in [5, 5.41) is 0.744. The summed E-state index contributed by atoms with van der Waals surface area (Å²) in [4.78, 5) is 4.91. The van der Waals surface area contributed by atoms with Crippen molar-refractivity contribution in [1.29, 1.82) is 0 Å². The number of hydrogen-bond donors (Lipinski definition) is 0. The van der Waals surface area contributed by atoms with Crippen LogP contribution >= 0.6 is 11.6 Å². The Morgan fingerprint density at radius 3 is 2.37 bits per heavy atom. The number of imidazole rings is 1. The predicted molar refractivity (Wildman–Crippen MR) is 110 cm³/mol. The van der Waals surface area contributed by atoms with Crippen LogP contribution in [0.15, 0.2) is 78.9 Å². The zero-order chi connectivity index (χ0) is 18.6. The van der Waals surface area contributed by atoms with Crippen molar-refractivity contribution < 1.29 is 4.74 Å². The standard InChI is InChI=1S/C23H21ClN2O/c1-2-22(27-19-8-4-3-5-9-19)23-25-20-10-6-7-11-21(20)26(23)16-17-12-14-18(24)15-13-17/h3-15,22H,2,16H2,1H3. The van der Waals surface area contributed by atoms with Gasteiger partial charge in [-0.25, -0.2) is 4.98 Å². The van der Waals surface area contributed by atoms with E-state index in [0.717, 1.165) is 40.6 Å². The molecule has 27 heavy (non-hydrogen) atoms. The van der Waals surface area contributed by atoms with Crippen LogP contribution in [-0.2, 0) is 6.54 Å². The van der Waals surface area contributed by atoms with E-state index in [2.05, 4.69) is 29.7 Å². The van der Waals surface area contributed by atoms with Gasteiger partial charge in [0.1, 0.15) is 5.75 Å². The third kappa shape index (κ3) is 3.83. The first-order valence-electron chi connectivity index (χ1n) is 9.16. The first-order chi connectivity index (χ1) is 13.2. The molecule has 3 nitrogen and oxygen atoms in total. The van der Waals surface area contributed by atoms with Gasteiger partial charge in [0.15, 0.2) is 11.9 Å². The SMILES string of the molecule is CCC(Oc1ccccc1)c1nc2ccccc2n1Cc1ccc(Cl)cc1. The second kappa shape index (κ2) is 7.85. The van der Waals surface area contributed by atoms with E-state index in [1.807, 2.05) is 60.7 Å². The highest BCUT2D eigenvalue weighted by Crippen LogP contribution is 2.28. The predicted octanol–water partition coefficient (Wildman–Crippen LogP) is 6.27. The molecular weight excluding hydrogens is 356 g/mol. The van der Waals surface area contributed by atoms with Crippen molar-refractivity contribution in [3.05, 3.63) is 95.3 Å². The number of hydrogen-bond acceptors (Lipinski definition) is 2. The number of halogens is 1. The first kappa shape index (κ1) is 17.6. The fraction of sp³-hybridized carbons (Fsp3) is 0.174. The van der Waals surface area contributed by atoms with E-state index in [4.69, 9.17) is 21.3 Å². The fourth-order valence-corrected chi connectivity index (χ4v) is 3.39. The van der Waals surface area contributed by atoms with Crippen molar-refractivity contribution in [3.8, 4) is 5.75 Å². The Morgan fingerprint density at radius 2 is 1.63 bits per heavy atom. The largest absolute Gasteiger partial charge is 0.483 e. The Hall–Kier alpha value is -2.78. The summed E-state index contributed by atoms with van der Waals surface area (Å²) in [7, 11) is 0. The molecule has 0 fully saturated rings. The van der Waals surface area contributed by atoms with Crippen LogP contribution in [0.4, 0.5) is 0 Å². The molecule has 0 saturated carbocycles. The Kier molecular flexibility index (Phi) is 5.12. The van der Waals surface area contributed by atoms with Gasteiger partial charge in [-0.15, -0.1) is 0 Å². The van der Waals surface area contributed by atoms with E-state index < -0.39 is 0 Å². The number of aromatic nitrogens is 2. The monoisotopic (exact) mass is 376 g/mol. The molecule has 1 aromatic heterocycles. The molecule has 136 valence electrons. The summed E-state index contributed by atoms with van der Waals surface area (Å²) in [5.41, 5.74) is 3.27. The second-order valence-corrected chi connectivity index (χ2v) is 6.94. The van der Waals surface area contributed by atoms with Gasteiger partial charge in [0.2, 0.25) is 0 Å². The average molecular weight is 377 g/mol. The molecule has 0 radical (unpaired) electrons. The number of ether oxygens (including phenoxy) is 1. The van der Waals surface area contributed by atoms with Crippen LogP contribution in [0.25, 0.3) is 11.0 Å². The van der Waals surface area contributed by atoms with E-state index in [1.165, 1.54) is 5.56 Å². The minimum Gasteiger partial charge on any atom is -0.483 e. The van der Waals surface area contributed by atoms with E-state index in [0.29, 0.717) is 0 Å². The minimum absolute atomic E-state index is 0.118. The molecular formula is C23H21ClN2O. The number of nitrogens with zero attached hydrogens (tertiary/aromatic N) is 2. The lowest BCUT2D eigenvalue weighted by Crippen LogP contribution is -2.14. The van der Waals surface area contributed by atoms with Gasteiger partial charge in [0.05, 0.1) is 11.0 Å². The van der Waals surface area contributed by atoms with Gasteiger partial charge in [-0.2, -0.15) is 0 Å². The Labute approximate surface area is 164 Å². The summed E-state index contributed by atoms with van der Waals surface area (Å²) in [6.07, 6.45) is 0.714. The number of rotatable bonds is 6. The second-order valence-electron chi connectivity index (χ2n) is 6.50. The smallest absolute Gasteiger partial charge is 0.156 e. The lowest BCUT2D eigenvalue weighted by atomic mass is 10.2. The van der Waals surface area contributed by atoms with Crippen LogP contribution in [0.5, 0.6) is 5.75 Å². The third-order valence-electron chi connectivity index (χ3n) is 4.62. The van der Waals surface area contributed by atoms with Gasteiger partial charge in [-0.3, -0.25) is 0 Å². The van der Waals surface area contributed by atoms with Crippen LogP contribution in [0, 0.1) is 0 Å². The van der Waals surface area contributed by atoms with Crippen molar-refractivity contribution in [1.82, 2.24) is 9.55 Å². The first-order valence-corrected chi connectivity index (χ1v) is 9.53. The van der Waals surface area contributed by atoms with Gasteiger partial charge in [0, 0.05) is 11.6 Å². The molecule has 4 aromatic rings. The highest BCUT2D eigenvalue weighted by molar-refractivity contribution is 6.30. The fourth-order valence-electron chi connectivity index (χ4n) is 3.26. The van der Waals surface area contributed by atoms with E-state index in [9.17, 15) is 0 Å². The zero-order valence-electron chi connectivity index (χ0n) is 15.2. The summed E-state index contributed by atoms with van der Waals surface area (Å²) in [6.45, 7) is 2.85. The Morgan fingerprint density at radius 1 is 0.926 bits per heavy atom. The van der Waals surface area contributed by atoms with Crippen molar-refractivity contribution in [2.24, 2.45) is 0 Å². The lowest BCUT2D eigenvalue weighted by Gasteiger charge is -2.19. The van der Waals surface area contributed by atoms with Gasteiger partial charge < -0.3 is 9.30 Å². The molecule has 3 aromatic carbocycles. The summed E-state index contributed by atoms with van der Waals surface area (Å²) >= 11 is 6.04. The summed E-state index contributed by atoms with van der Waals surface area (Å²) in [6, 6.07) is 26.1. The van der Waals surface area contributed by atoms with Gasteiger partial charge in [-0.05, 0) is 48.4 Å². The molecule has 0 spiro atoms. The van der Waals surface area contributed by atoms with Crippen LogP contribution in [0.2, 0.25) is 5.02 Å². The molecule has 0 bridgehead atoms. The van der Waals surface area contributed by atoms with Gasteiger partial charge in [0.25, 0.3) is 0 Å². The molecule has 4 rings (SSSR count). The molecule has 0 aliphatic heterocycles. The minimum atomic E-state index is -0.118. The van der Waals surface area contributed by atoms with Crippen molar-refractivity contribution in [3.63, 3.8) is 0 Å². The maximum absolute atomic E-state index is 6.27. The summed E-state index contributed by atoms with van der Waals surface area (Å²) in [5.74, 6) is 1.80. The summed E-state index contributed by atoms with van der Waals surface area (Å²) < 4.78 is 8.52. The van der Waals surface area contributed by atoms with E-state index in [1.54, 1.807) is 0 Å². The van der Waals surface area contributed by atoms with Crippen LogP contribution in [0.1, 0.15) is 30.8 Å². The highest BCUT2D eigenvalue weighted by atomic mass is 35.5. The van der Waals surface area contributed by atoms with Crippen LogP contribution < -0.4 is 4.74 Å². The molecule has 0 saturated heterocycles. The lowest BCUT2D eigenvalue weighted by molar-refractivity contribution is 0.187. The molecule has 0 aliphatic carbocycles. The Bertz CT molecular complexity index is 1030. The Balaban J connectivity index is 1.75. The zero-order valence-corrected chi connectivity index (χ0v) is 15.9. The molecule has 1 heterocycles. The number of para-hydroxylation sites is 3. The number of benzene rings is 3. The van der Waals surface area contributed by atoms with Gasteiger partial charge >= 0.3 is 0 Å². The van der Waals surface area contributed by atoms with Crippen molar-refractivity contribution >= 4 is 22.6 Å². The third-order valence-corrected chi connectivity index (χ3v) is 4.87. The van der Waals surface area contributed by atoms with Crippen molar-refractivity contribution in [2.75, 3.05) is 0 Å². The van der Waals surface area contributed by atoms with Crippen LogP contribution in [-0.4, -0.2) is 9.55 Å². The maximum atomic E-state index is 6.27. The quantitative estimate of drug-likeness (QED) is 0.396. The topological polar surface area (TPSA) is 27.1 Å².